The number of ketones is 1. The third kappa shape index (κ3) is 5.12. The van der Waals surface area contributed by atoms with E-state index in [4.69, 9.17) is 0 Å². The van der Waals surface area contributed by atoms with Gasteiger partial charge in [-0.1, -0.05) is 35.9 Å². The summed E-state index contributed by atoms with van der Waals surface area (Å²) in [5.41, 5.74) is 3.08. The minimum atomic E-state index is 0.208. The van der Waals surface area contributed by atoms with Gasteiger partial charge < -0.3 is 4.90 Å². The van der Waals surface area contributed by atoms with Crippen molar-refractivity contribution in [2.45, 2.75) is 19.8 Å². The Morgan fingerprint density at radius 3 is 2.52 bits per heavy atom. The van der Waals surface area contributed by atoms with Crippen molar-refractivity contribution in [2.75, 3.05) is 20.1 Å². The molecule has 0 aliphatic rings. The third-order valence-electron chi connectivity index (χ3n) is 3.57. The van der Waals surface area contributed by atoms with E-state index in [0.29, 0.717) is 6.42 Å². The fourth-order valence-electron chi connectivity index (χ4n) is 2.14. The standard InChI is InChI=1S/C18H22N2O/c1-15-6-8-16(9-7-15)18(21)11-14-20(2)13-10-17-5-3-4-12-19-17/h3-9,12H,10-11,13-14H2,1-2H3. The number of carbonyl (C=O) groups is 1. The molecule has 0 atom stereocenters. The van der Waals surface area contributed by atoms with Crippen molar-refractivity contribution in [1.29, 1.82) is 0 Å². The lowest BCUT2D eigenvalue weighted by atomic mass is 10.1. The van der Waals surface area contributed by atoms with Gasteiger partial charge in [0.1, 0.15) is 0 Å². The van der Waals surface area contributed by atoms with Crippen LogP contribution >= 0.6 is 0 Å². The molecule has 0 radical (unpaired) electrons. The lowest BCUT2D eigenvalue weighted by Crippen LogP contribution is -2.24. The predicted molar refractivity (Wildman–Crippen MR) is 85.6 cm³/mol. The SMILES string of the molecule is Cc1ccc(C(=O)CCN(C)CCc2ccccn2)cc1. The number of carbonyl (C=O) groups excluding carboxylic acids is 1. The number of nitrogens with zero attached hydrogens (tertiary/aromatic N) is 2. The van der Waals surface area contributed by atoms with Gasteiger partial charge in [0.25, 0.3) is 0 Å². The maximum Gasteiger partial charge on any atom is 0.164 e. The van der Waals surface area contributed by atoms with Crippen LogP contribution in [-0.2, 0) is 6.42 Å². The van der Waals surface area contributed by atoms with Gasteiger partial charge in [0.15, 0.2) is 5.78 Å². The average molecular weight is 282 g/mol. The number of pyridine rings is 1. The lowest BCUT2D eigenvalue weighted by molar-refractivity contribution is 0.0969. The van der Waals surface area contributed by atoms with Crippen molar-refractivity contribution >= 4 is 5.78 Å². The van der Waals surface area contributed by atoms with Crippen LogP contribution in [-0.4, -0.2) is 35.8 Å². The highest BCUT2D eigenvalue weighted by Crippen LogP contribution is 2.07. The first-order chi connectivity index (χ1) is 10.1. The zero-order valence-electron chi connectivity index (χ0n) is 12.7. The molecule has 0 spiro atoms. The van der Waals surface area contributed by atoms with Crippen molar-refractivity contribution < 1.29 is 4.79 Å². The Hall–Kier alpha value is -2.00. The number of hydrogen-bond donors (Lipinski definition) is 0. The first-order valence-corrected chi connectivity index (χ1v) is 7.33. The summed E-state index contributed by atoms with van der Waals surface area (Å²) in [6.07, 6.45) is 3.29. The van der Waals surface area contributed by atoms with E-state index < -0.39 is 0 Å². The molecule has 0 aliphatic heterocycles. The van der Waals surface area contributed by atoms with Crippen molar-refractivity contribution in [1.82, 2.24) is 9.88 Å². The number of aryl methyl sites for hydroxylation is 1. The zero-order valence-corrected chi connectivity index (χ0v) is 12.7. The molecule has 2 rings (SSSR count). The van der Waals surface area contributed by atoms with E-state index in [1.807, 2.05) is 62.6 Å². The first-order valence-electron chi connectivity index (χ1n) is 7.33. The number of rotatable bonds is 7. The van der Waals surface area contributed by atoms with Crippen LogP contribution in [0.3, 0.4) is 0 Å². The number of hydrogen-bond acceptors (Lipinski definition) is 3. The molecule has 3 heteroatoms. The number of likely N-dealkylation sites (N-methyl/N-ethyl adjacent to an activating group) is 1. The van der Waals surface area contributed by atoms with E-state index in [1.165, 1.54) is 5.56 Å². The summed E-state index contributed by atoms with van der Waals surface area (Å²) < 4.78 is 0. The van der Waals surface area contributed by atoms with Gasteiger partial charge in [-0.05, 0) is 26.1 Å². The van der Waals surface area contributed by atoms with Crippen LogP contribution in [0.1, 0.15) is 28.0 Å². The maximum atomic E-state index is 12.1. The van der Waals surface area contributed by atoms with E-state index in [-0.39, 0.29) is 5.78 Å². The summed E-state index contributed by atoms with van der Waals surface area (Å²) in [5.74, 6) is 0.208. The second kappa shape index (κ2) is 7.70. The molecule has 0 fully saturated rings. The lowest BCUT2D eigenvalue weighted by Gasteiger charge is -2.15. The normalized spacial score (nSPS) is 10.8. The Bertz CT molecular complexity index is 564. The van der Waals surface area contributed by atoms with Gasteiger partial charge in [0.2, 0.25) is 0 Å². The van der Waals surface area contributed by atoms with Gasteiger partial charge >= 0.3 is 0 Å². The molecule has 0 bridgehead atoms. The second-order valence-electron chi connectivity index (χ2n) is 5.41. The Labute approximate surface area is 126 Å². The zero-order chi connectivity index (χ0) is 15.1. The van der Waals surface area contributed by atoms with Gasteiger partial charge in [0.05, 0.1) is 0 Å². The van der Waals surface area contributed by atoms with Crippen LogP contribution in [0, 0.1) is 6.92 Å². The molecule has 21 heavy (non-hydrogen) atoms. The van der Waals surface area contributed by atoms with E-state index in [0.717, 1.165) is 30.8 Å². The highest BCUT2D eigenvalue weighted by molar-refractivity contribution is 5.96. The number of aromatic nitrogens is 1. The predicted octanol–water partition coefficient (Wildman–Crippen LogP) is 3.14. The molecular weight excluding hydrogens is 260 g/mol. The Morgan fingerprint density at radius 1 is 1.10 bits per heavy atom. The molecule has 110 valence electrons. The Balaban J connectivity index is 1.74. The molecule has 1 aromatic heterocycles. The smallest absolute Gasteiger partial charge is 0.164 e. The van der Waals surface area contributed by atoms with Crippen LogP contribution < -0.4 is 0 Å². The number of Topliss-reactive ketones (excluding diaryl/α,β-unsaturated/α-hetero) is 1. The summed E-state index contributed by atoms with van der Waals surface area (Å²) in [7, 11) is 2.05. The molecule has 0 saturated carbocycles. The van der Waals surface area contributed by atoms with E-state index >= 15 is 0 Å². The molecule has 0 saturated heterocycles. The molecule has 3 nitrogen and oxygen atoms in total. The highest BCUT2D eigenvalue weighted by atomic mass is 16.1. The van der Waals surface area contributed by atoms with Crippen LogP contribution in [0.2, 0.25) is 0 Å². The summed E-state index contributed by atoms with van der Waals surface area (Å²) in [6, 6.07) is 13.7. The minimum Gasteiger partial charge on any atom is -0.306 e. The fraction of sp³-hybridized carbons (Fsp3) is 0.333. The molecule has 1 aromatic carbocycles. The molecule has 0 unspecified atom stereocenters. The largest absolute Gasteiger partial charge is 0.306 e. The third-order valence-corrected chi connectivity index (χ3v) is 3.57. The van der Waals surface area contributed by atoms with Gasteiger partial charge in [-0.15, -0.1) is 0 Å². The maximum absolute atomic E-state index is 12.1. The molecule has 1 heterocycles. The number of benzene rings is 1. The molecular formula is C18H22N2O. The van der Waals surface area contributed by atoms with Crippen molar-refractivity contribution in [3.8, 4) is 0 Å². The van der Waals surface area contributed by atoms with Crippen LogP contribution in [0.4, 0.5) is 0 Å². The van der Waals surface area contributed by atoms with Crippen molar-refractivity contribution in [2.24, 2.45) is 0 Å². The molecule has 0 N–H and O–H groups in total. The average Bonchev–Trinajstić information content (AvgIpc) is 2.52. The van der Waals surface area contributed by atoms with Crippen molar-refractivity contribution in [3.63, 3.8) is 0 Å². The van der Waals surface area contributed by atoms with Crippen molar-refractivity contribution in [3.05, 3.63) is 65.5 Å². The van der Waals surface area contributed by atoms with Crippen LogP contribution in [0.5, 0.6) is 0 Å². The minimum absolute atomic E-state index is 0.208. The monoisotopic (exact) mass is 282 g/mol. The van der Waals surface area contributed by atoms with Crippen LogP contribution in [0.15, 0.2) is 48.7 Å². The van der Waals surface area contributed by atoms with Crippen LogP contribution in [0.25, 0.3) is 0 Å². The molecule has 0 amide bonds. The summed E-state index contributed by atoms with van der Waals surface area (Å²) in [5, 5.41) is 0. The molecule has 2 aromatic rings. The van der Waals surface area contributed by atoms with Gasteiger partial charge in [0, 0.05) is 43.4 Å². The highest BCUT2D eigenvalue weighted by Gasteiger charge is 2.07. The first kappa shape index (κ1) is 15.4. The van der Waals surface area contributed by atoms with Gasteiger partial charge in [-0.25, -0.2) is 0 Å². The quantitative estimate of drug-likeness (QED) is 0.731. The van der Waals surface area contributed by atoms with E-state index in [2.05, 4.69) is 9.88 Å². The van der Waals surface area contributed by atoms with Gasteiger partial charge in [-0.2, -0.15) is 0 Å². The fourth-order valence-corrected chi connectivity index (χ4v) is 2.14. The Morgan fingerprint density at radius 2 is 1.86 bits per heavy atom. The summed E-state index contributed by atoms with van der Waals surface area (Å²) in [4.78, 5) is 18.6. The topological polar surface area (TPSA) is 33.2 Å². The van der Waals surface area contributed by atoms with E-state index in [9.17, 15) is 4.79 Å². The Kier molecular flexibility index (Phi) is 5.64. The molecule has 0 aliphatic carbocycles. The van der Waals surface area contributed by atoms with E-state index in [1.54, 1.807) is 0 Å². The summed E-state index contributed by atoms with van der Waals surface area (Å²) in [6.45, 7) is 3.72. The van der Waals surface area contributed by atoms with Gasteiger partial charge in [-0.3, -0.25) is 9.78 Å². The second-order valence-corrected chi connectivity index (χ2v) is 5.41. The summed E-state index contributed by atoms with van der Waals surface area (Å²) >= 11 is 0.